The normalized spacial score (nSPS) is 36.4. The van der Waals surface area contributed by atoms with Crippen LogP contribution in [0.2, 0.25) is 6.04 Å². The van der Waals surface area contributed by atoms with Gasteiger partial charge in [0.15, 0.2) is 0 Å². The molecule has 2 N–H and O–H groups in total. The minimum atomic E-state index is -2.33. The fourth-order valence-corrected chi connectivity index (χ4v) is 9.58. The lowest BCUT2D eigenvalue weighted by molar-refractivity contribution is -0.0491. The summed E-state index contributed by atoms with van der Waals surface area (Å²) >= 11 is 0. The van der Waals surface area contributed by atoms with Crippen molar-refractivity contribution in [2.24, 2.45) is 5.92 Å². The van der Waals surface area contributed by atoms with Crippen LogP contribution in [0.5, 0.6) is 0 Å². The molecule has 6 heteroatoms. The molecule has 148 valence electrons. The predicted molar refractivity (Wildman–Crippen MR) is 101 cm³/mol. The van der Waals surface area contributed by atoms with Crippen LogP contribution in [0.1, 0.15) is 72.1 Å². The van der Waals surface area contributed by atoms with Crippen LogP contribution >= 0.6 is 0 Å². The van der Waals surface area contributed by atoms with Crippen molar-refractivity contribution >= 4 is 8.56 Å². The van der Waals surface area contributed by atoms with Crippen molar-refractivity contribution in [3.05, 3.63) is 0 Å². The largest absolute Gasteiger partial charge is 0.412 e. The number of hydrogen-bond donors (Lipinski definition) is 0. The first-order chi connectivity index (χ1) is 11.7. The third kappa shape index (κ3) is 4.47. The molecule has 2 heterocycles. The Bertz CT molecular complexity index is 392. The lowest BCUT2D eigenvalue weighted by atomic mass is 9.85. The average Bonchev–Trinajstić information content (AvgIpc) is 3.35. The van der Waals surface area contributed by atoms with E-state index < -0.39 is 8.56 Å². The quantitative estimate of drug-likeness (QED) is 0.457. The maximum absolute atomic E-state index is 6.50. The molecule has 1 aliphatic carbocycles. The molecule has 0 amide bonds. The highest BCUT2D eigenvalue weighted by Gasteiger charge is 2.60. The predicted octanol–water partition coefficient (Wildman–Crippen LogP) is 3.52. The molecule has 0 aromatic heterocycles. The van der Waals surface area contributed by atoms with Crippen molar-refractivity contribution in [2.45, 2.75) is 95.6 Å². The van der Waals surface area contributed by atoms with E-state index in [0.29, 0.717) is 12.2 Å². The first-order valence-electron chi connectivity index (χ1n) is 10.3. The molecule has 0 aromatic carbocycles. The van der Waals surface area contributed by atoms with Gasteiger partial charge in [-0.3, -0.25) is 0 Å². The van der Waals surface area contributed by atoms with Gasteiger partial charge in [-0.25, -0.2) is 0 Å². The van der Waals surface area contributed by atoms with Gasteiger partial charge in [0.2, 0.25) is 0 Å². The van der Waals surface area contributed by atoms with E-state index in [2.05, 4.69) is 20.8 Å². The molecular weight excluding hydrogens is 336 g/mol. The first kappa shape index (κ1) is 21.3. The summed E-state index contributed by atoms with van der Waals surface area (Å²) in [6, 6.07) is 1.09. The molecule has 4 atom stereocenters. The fourth-order valence-electron chi connectivity index (χ4n) is 5.13. The highest BCUT2D eigenvalue weighted by atomic mass is 28.4. The van der Waals surface area contributed by atoms with E-state index in [0.717, 1.165) is 44.6 Å². The second kappa shape index (κ2) is 9.29. The van der Waals surface area contributed by atoms with Gasteiger partial charge in [-0.15, -0.1) is 0 Å². The number of hydrogen-bond acceptors (Lipinski definition) is 4. The Morgan fingerprint density at radius 1 is 1.00 bits per heavy atom. The Labute approximate surface area is 154 Å². The summed E-state index contributed by atoms with van der Waals surface area (Å²) in [5.41, 5.74) is 0. The molecule has 3 fully saturated rings. The van der Waals surface area contributed by atoms with E-state index in [1.807, 2.05) is 0 Å². The van der Waals surface area contributed by atoms with Crippen LogP contribution in [0, 0.1) is 5.92 Å². The van der Waals surface area contributed by atoms with E-state index >= 15 is 0 Å². The third-order valence-electron chi connectivity index (χ3n) is 6.28. The van der Waals surface area contributed by atoms with E-state index in [-0.39, 0.29) is 10.7 Å². The summed E-state index contributed by atoms with van der Waals surface area (Å²) in [6.45, 7) is 8.56. The van der Waals surface area contributed by atoms with Gasteiger partial charge in [0, 0.05) is 19.8 Å². The number of fused-ring (bicyclic) bond motifs is 1. The maximum Gasteiger partial charge on any atom is 0.371 e. The summed E-state index contributed by atoms with van der Waals surface area (Å²) in [4.78, 5) is 0. The molecular formula is C19H38O5Si. The smallest absolute Gasteiger partial charge is 0.371 e. The van der Waals surface area contributed by atoms with Gasteiger partial charge in [-0.1, -0.05) is 12.8 Å². The molecule has 3 aliphatic rings. The summed E-state index contributed by atoms with van der Waals surface area (Å²) in [7, 11) is -2.33. The van der Waals surface area contributed by atoms with Crippen LogP contribution in [0.25, 0.3) is 0 Å². The van der Waals surface area contributed by atoms with Gasteiger partial charge >= 0.3 is 8.56 Å². The summed E-state index contributed by atoms with van der Waals surface area (Å²) < 4.78 is 25.1. The van der Waals surface area contributed by atoms with Crippen LogP contribution in [0.15, 0.2) is 0 Å². The Morgan fingerprint density at radius 2 is 1.76 bits per heavy atom. The van der Waals surface area contributed by atoms with Gasteiger partial charge in [0.1, 0.15) is 5.22 Å². The highest BCUT2D eigenvalue weighted by Crippen LogP contribution is 2.47. The van der Waals surface area contributed by atoms with Gasteiger partial charge in [0.05, 0.1) is 12.2 Å². The topological polar surface area (TPSA) is 71.7 Å². The second-order valence-corrected chi connectivity index (χ2v) is 11.2. The van der Waals surface area contributed by atoms with Crippen molar-refractivity contribution in [1.82, 2.24) is 0 Å². The molecule has 3 rings (SSSR count). The van der Waals surface area contributed by atoms with Crippen molar-refractivity contribution in [1.29, 1.82) is 0 Å². The Balaban J connectivity index is 0.00000225. The zero-order valence-electron chi connectivity index (χ0n) is 16.4. The molecule has 5 nitrogen and oxygen atoms in total. The van der Waals surface area contributed by atoms with E-state index in [4.69, 9.17) is 18.3 Å². The van der Waals surface area contributed by atoms with Gasteiger partial charge in [-0.2, -0.15) is 0 Å². The van der Waals surface area contributed by atoms with Crippen LogP contribution in [-0.2, 0) is 18.3 Å². The Morgan fingerprint density at radius 3 is 2.40 bits per heavy atom. The molecule has 0 spiro atoms. The molecule has 4 unspecified atom stereocenters. The van der Waals surface area contributed by atoms with Crippen LogP contribution in [0.4, 0.5) is 0 Å². The van der Waals surface area contributed by atoms with E-state index in [1.54, 1.807) is 0 Å². The highest BCUT2D eigenvalue weighted by molar-refractivity contribution is 6.70. The van der Waals surface area contributed by atoms with E-state index in [9.17, 15) is 0 Å². The Hall–Kier alpha value is 0.0169. The molecule has 0 aromatic rings. The van der Waals surface area contributed by atoms with Crippen LogP contribution < -0.4 is 0 Å². The lowest BCUT2D eigenvalue weighted by Gasteiger charge is -2.50. The van der Waals surface area contributed by atoms with Crippen molar-refractivity contribution in [2.75, 3.05) is 19.8 Å². The number of epoxide rings is 1. The molecule has 25 heavy (non-hydrogen) atoms. The lowest BCUT2D eigenvalue weighted by Crippen LogP contribution is -2.66. The Kier molecular flexibility index (Phi) is 7.92. The maximum atomic E-state index is 6.50. The van der Waals surface area contributed by atoms with Crippen LogP contribution in [0.3, 0.4) is 0 Å². The van der Waals surface area contributed by atoms with Gasteiger partial charge in [-0.05, 0) is 71.3 Å². The van der Waals surface area contributed by atoms with Gasteiger partial charge in [0.25, 0.3) is 0 Å². The summed E-state index contributed by atoms with van der Waals surface area (Å²) in [6.07, 6.45) is 10.9. The van der Waals surface area contributed by atoms with E-state index in [1.165, 1.54) is 38.5 Å². The second-order valence-electron chi connectivity index (χ2n) is 7.68. The van der Waals surface area contributed by atoms with Crippen LogP contribution in [-0.4, -0.2) is 51.3 Å². The van der Waals surface area contributed by atoms with Crippen molar-refractivity contribution < 1.29 is 23.8 Å². The zero-order valence-corrected chi connectivity index (χ0v) is 17.4. The summed E-state index contributed by atoms with van der Waals surface area (Å²) in [5.74, 6) is 0.794. The van der Waals surface area contributed by atoms with Crippen molar-refractivity contribution in [3.63, 3.8) is 0 Å². The number of rotatable bonds is 9. The SMILES string of the molecule is CCOC1(CCC2CCC3OC3C2)CCCC[Si]1(OCC)OCC.O. The molecule has 2 aliphatic heterocycles. The summed E-state index contributed by atoms with van der Waals surface area (Å²) in [5, 5.41) is -0.146. The third-order valence-corrected chi connectivity index (χ3v) is 10.8. The molecule has 0 radical (unpaired) electrons. The zero-order chi connectivity index (χ0) is 17.0. The first-order valence-corrected chi connectivity index (χ1v) is 12.3. The van der Waals surface area contributed by atoms with Gasteiger partial charge < -0.3 is 23.8 Å². The molecule has 1 saturated carbocycles. The minimum Gasteiger partial charge on any atom is -0.412 e. The number of ether oxygens (including phenoxy) is 2. The minimum absolute atomic E-state index is 0. The average molecular weight is 375 g/mol. The molecule has 0 bridgehead atoms. The fraction of sp³-hybridized carbons (Fsp3) is 1.00. The molecule has 2 saturated heterocycles. The van der Waals surface area contributed by atoms with Crippen molar-refractivity contribution in [3.8, 4) is 0 Å². The standard InChI is InChI=1S/C19H36O4Si.H2O/c1-4-20-19(13-11-16-9-10-17-18(15-16)23-17)12-7-8-14-24(19,21-5-2)22-6-3;/h16-18H,4-15H2,1-3H3;1H2. The monoisotopic (exact) mass is 374 g/mol.